The fourth-order valence-electron chi connectivity index (χ4n) is 1.10. The summed E-state index contributed by atoms with van der Waals surface area (Å²) in [6.45, 7) is 2.26. The molecule has 0 N–H and O–H groups in total. The number of hydrogen-bond acceptors (Lipinski definition) is 7. The Morgan fingerprint density at radius 3 is 2.05 bits per heavy atom. The molecular formula is C12H11ClO7. The van der Waals surface area contributed by atoms with Gasteiger partial charge in [0.25, 0.3) is 0 Å². The molecule has 7 nitrogen and oxygen atoms in total. The van der Waals surface area contributed by atoms with Crippen molar-refractivity contribution in [3.63, 3.8) is 0 Å². The van der Waals surface area contributed by atoms with Crippen molar-refractivity contribution in [2.75, 3.05) is 5.88 Å². The van der Waals surface area contributed by atoms with E-state index in [1.54, 1.807) is 0 Å². The first-order valence-electron chi connectivity index (χ1n) is 5.37. The van der Waals surface area contributed by atoms with Gasteiger partial charge in [-0.15, -0.1) is 11.6 Å². The maximum Gasteiger partial charge on any atom is 0.352 e. The Kier molecular flexibility index (Phi) is 5.79. The molecule has 108 valence electrons. The number of benzene rings is 1. The number of carbonyl (C=O) groups is 3. The average molecular weight is 303 g/mol. The normalized spacial score (nSPS) is 9.55. The van der Waals surface area contributed by atoms with Crippen LogP contribution in [0.25, 0.3) is 0 Å². The maximum atomic E-state index is 11.5. The molecule has 0 aliphatic rings. The highest BCUT2D eigenvalue weighted by atomic mass is 35.5. The highest BCUT2D eigenvalue weighted by molar-refractivity contribution is 6.30. The van der Waals surface area contributed by atoms with Gasteiger partial charge in [-0.3, -0.25) is 24.3 Å². The highest BCUT2D eigenvalue weighted by Crippen LogP contribution is 2.29. The molecule has 0 aliphatic carbocycles. The molecule has 0 amide bonds. The molecule has 0 saturated carbocycles. The zero-order valence-corrected chi connectivity index (χ0v) is 11.4. The standard InChI is InChI=1S/C12H11ClO7/c1-7(14)17-19-11-4-3-9(10(16)6-13)5-12(11)20-18-8(2)15/h3-5H,6H2,1-2H3. The van der Waals surface area contributed by atoms with Gasteiger partial charge in [-0.2, -0.15) is 0 Å². The van der Waals surface area contributed by atoms with Crippen LogP contribution in [0.4, 0.5) is 0 Å². The lowest BCUT2D eigenvalue weighted by atomic mass is 10.1. The minimum Gasteiger partial charge on any atom is -0.293 e. The van der Waals surface area contributed by atoms with E-state index in [-0.39, 0.29) is 28.7 Å². The first-order valence-corrected chi connectivity index (χ1v) is 5.91. The summed E-state index contributed by atoms with van der Waals surface area (Å²) in [5.41, 5.74) is 0.220. The Hall–Kier alpha value is -2.28. The van der Waals surface area contributed by atoms with Crippen LogP contribution in [-0.2, 0) is 19.4 Å². The predicted octanol–water partition coefficient (Wildman–Crippen LogP) is 1.82. The molecular weight excluding hydrogens is 292 g/mol. The van der Waals surface area contributed by atoms with Crippen LogP contribution in [0, 0.1) is 0 Å². The van der Waals surface area contributed by atoms with Gasteiger partial charge < -0.3 is 0 Å². The molecule has 0 fully saturated rings. The summed E-state index contributed by atoms with van der Waals surface area (Å²) in [5, 5.41) is 0. The lowest BCUT2D eigenvalue weighted by Gasteiger charge is -2.09. The van der Waals surface area contributed by atoms with E-state index in [1.807, 2.05) is 0 Å². The van der Waals surface area contributed by atoms with E-state index in [9.17, 15) is 14.4 Å². The van der Waals surface area contributed by atoms with Crippen LogP contribution in [0.1, 0.15) is 24.2 Å². The van der Waals surface area contributed by atoms with Gasteiger partial charge in [0.05, 0.1) is 5.88 Å². The fourth-order valence-corrected chi connectivity index (χ4v) is 1.25. The van der Waals surface area contributed by atoms with Gasteiger partial charge >= 0.3 is 11.9 Å². The molecule has 0 heterocycles. The van der Waals surface area contributed by atoms with Gasteiger partial charge in [0.15, 0.2) is 5.78 Å². The fraction of sp³-hybridized carbons (Fsp3) is 0.250. The minimum absolute atomic E-state index is 0.0485. The monoisotopic (exact) mass is 302 g/mol. The van der Waals surface area contributed by atoms with Crippen molar-refractivity contribution in [3.05, 3.63) is 23.8 Å². The zero-order chi connectivity index (χ0) is 15.1. The van der Waals surface area contributed by atoms with Crippen molar-refractivity contribution in [1.82, 2.24) is 0 Å². The Balaban J connectivity index is 2.98. The van der Waals surface area contributed by atoms with Crippen molar-refractivity contribution in [2.24, 2.45) is 0 Å². The van der Waals surface area contributed by atoms with E-state index in [2.05, 4.69) is 14.7 Å². The third kappa shape index (κ3) is 4.77. The molecule has 8 heteroatoms. The molecule has 0 aromatic heterocycles. The third-order valence-corrected chi connectivity index (χ3v) is 2.13. The van der Waals surface area contributed by atoms with Crippen molar-refractivity contribution < 1.29 is 33.9 Å². The number of ketones is 1. The Labute approximate surface area is 119 Å². The summed E-state index contributed by atoms with van der Waals surface area (Å²) in [6.07, 6.45) is 0. The van der Waals surface area contributed by atoms with Crippen LogP contribution in [0.2, 0.25) is 0 Å². The number of hydrogen-bond donors (Lipinski definition) is 0. The van der Waals surface area contributed by atoms with Crippen LogP contribution < -0.4 is 9.78 Å². The smallest absolute Gasteiger partial charge is 0.293 e. The van der Waals surface area contributed by atoms with Crippen molar-refractivity contribution in [3.8, 4) is 11.5 Å². The first kappa shape index (κ1) is 15.8. The van der Waals surface area contributed by atoms with Crippen LogP contribution in [0.15, 0.2) is 18.2 Å². The molecule has 0 saturated heterocycles. The van der Waals surface area contributed by atoms with E-state index in [1.165, 1.54) is 18.2 Å². The van der Waals surface area contributed by atoms with E-state index in [0.717, 1.165) is 13.8 Å². The molecule has 1 aromatic rings. The minimum atomic E-state index is -0.711. The second kappa shape index (κ2) is 7.34. The average Bonchev–Trinajstić information content (AvgIpc) is 2.42. The summed E-state index contributed by atoms with van der Waals surface area (Å²) in [4.78, 5) is 50.9. The molecule has 0 spiro atoms. The summed E-state index contributed by atoms with van der Waals surface area (Å²) >= 11 is 5.43. The highest BCUT2D eigenvalue weighted by Gasteiger charge is 2.15. The molecule has 0 aliphatic heterocycles. The second-order valence-electron chi connectivity index (χ2n) is 3.53. The number of carbonyl (C=O) groups excluding carboxylic acids is 3. The van der Waals surface area contributed by atoms with E-state index < -0.39 is 11.9 Å². The third-order valence-electron chi connectivity index (χ3n) is 1.88. The lowest BCUT2D eigenvalue weighted by Crippen LogP contribution is -2.08. The van der Waals surface area contributed by atoms with E-state index >= 15 is 0 Å². The van der Waals surface area contributed by atoms with Crippen molar-refractivity contribution in [2.45, 2.75) is 13.8 Å². The Morgan fingerprint density at radius 2 is 1.55 bits per heavy atom. The Bertz CT molecular complexity index is 527. The molecule has 1 aromatic carbocycles. The molecule has 0 radical (unpaired) electrons. The largest absolute Gasteiger partial charge is 0.352 e. The zero-order valence-electron chi connectivity index (χ0n) is 10.7. The van der Waals surface area contributed by atoms with Crippen molar-refractivity contribution in [1.29, 1.82) is 0 Å². The van der Waals surface area contributed by atoms with Gasteiger partial charge in [-0.25, -0.2) is 9.59 Å². The quantitative estimate of drug-likeness (QED) is 0.343. The molecule has 1 rings (SSSR count). The SMILES string of the molecule is CC(=O)OOc1ccc(C(=O)CCl)cc1OOC(C)=O. The van der Waals surface area contributed by atoms with E-state index in [0.29, 0.717) is 0 Å². The summed E-state index contributed by atoms with van der Waals surface area (Å²) in [7, 11) is 0. The van der Waals surface area contributed by atoms with Crippen LogP contribution in [0.5, 0.6) is 11.5 Å². The van der Waals surface area contributed by atoms with Crippen LogP contribution in [0.3, 0.4) is 0 Å². The van der Waals surface area contributed by atoms with Gasteiger partial charge in [0.1, 0.15) is 0 Å². The van der Waals surface area contributed by atoms with Gasteiger partial charge in [-0.05, 0) is 12.1 Å². The summed E-state index contributed by atoms with van der Waals surface area (Å²) in [5.74, 6) is -2.15. The lowest BCUT2D eigenvalue weighted by molar-refractivity contribution is -0.223. The number of rotatable bonds is 6. The maximum absolute atomic E-state index is 11.5. The molecule has 0 bridgehead atoms. The molecule has 20 heavy (non-hydrogen) atoms. The number of Topliss-reactive ketones (excluding diaryl/α,β-unsaturated/α-hetero) is 1. The predicted molar refractivity (Wildman–Crippen MR) is 66.3 cm³/mol. The van der Waals surface area contributed by atoms with Gasteiger partial charge in [-0.1, -0.05) is 0 Å². The van der Waals surface area contributed by atoms with E-state index in [4.69, 9.17) is 16.5 Å². The van der Waals surface area contributed by atoms with Crippen LogP contribution >= 0.6 is 11.6 Å². The van der Waals surface area contributed by atoms with Crippen molar-refractivity contribution >= 4 is 29.3 Å². The van der Waals surface area contributed by atoms with Gasteiger partial charge in [0, 0.05) is 25.5 Å². The summed E-state index contributed by atoms with van der Waals surface area (Å²) in [6, 6.07) is 3.94. The number of alkyl halides is 1. The molecule has 0 unspecified atom stereocenters. The molecule has 0 atom stereocenters. The first-order chi connectivity index (χ1) is 9.43. The topological polar surface area (TPSA) is 88.1 Å². The van der Waals surface area contributed by atoms with Gasteiger partial charge in [0.2, 0.25) is 11.5 Å². The van der Waals surface area contributed by atoms with Crippen LogP contribution in [-0.4, -0.2) is 23.6 Å². The summed E-state index contributed by atoms with van der Waals surface area (Å²) < 4.78 is 0. The second-order valence-corrected chi connectivity index (χ2v) is 3.80. The Morgan fingerprint density at radius 1 is 1.00 bits per heavy atom. The number of halogens is 1.